The number of hydrogen-bond donors (Lipinski definition) is 1. The maximum absolute atomic E-state index is 12.4. The van der Waals surface area contributed by atoms with E-state index in [1.54, 1.807) is 4.57 Å². The average Bonchev–Trinajstić information content (AvgIpc) is 3.01. The molecule has 0 aliphatic carbocycles. The summed E-state index contributed by atoms with van der Waals surface area (Å²) in [6, 6.07) is 0. The van der Waals surface area contributed by atoms with Crippen molar-refractivity contribution in [1.29, 1.82) is 0 Å². The van der Waals surface area contributed by atoms with Crippen molar-refractivity contribution in [2.24, 2.45) is 0 Å². The summed E-state index contributed by atoms with van der Waals surface area (Å²) in [6.07, 6.45) is -4.64. The van der Waals surface area contributed by atoms with Crippen LogP contribution in [0.5, 0.6) is 0 Å². The number of nitrogens with one attached hydrogen (secondary N) is 1. The first-order valence-electron chi connectivity index (χ1n) is 5.70. The highest BCUT2D eigenvalue weighted by Crippen LogP contribution is 2.31. The number of fused-ring (bicyclic) bond motifs is 1. The number of nitrogens with zero attached hydrogens (tertiary/aromatic N) is 4. The molecule has 0 bridgehead atoms. The molecule has 19 heavy (non-hydrogen) atoms. The van der Waals surface area contributed by atoms with E-state index in [9.17, 15) is 13.2 Å². The molecule has 0 amide bonds. The number of alkyl halides is 3. The molecule has 0 radical (unpaired) electrons. The van der Waals surface area contributed by atoms with Crippen molar-refractivity contribution < 1.29 is 17.6 Å². The van der Waals surface area contributed by atoms with Crippen molar-refractivity contribution in [1.82, 2.24) is 25.1 Å². The van der Waals surface area contributed by atoms with Gasteiger partial charge in [0.25, 0.3) is 5.89 Å². The Morgan fingerprint density at radius 3 is 2.74 bits per heavy atom. The van der Waals surface area contributed by atoms with E-state index in [1.165, 1.54) is 0 Å². The number of hydrogen-bond acceptors (Lipinski definition) is 5. The normalized spacial score (nSPS) is 14.9. The van der Waals surface area contributed by atoms with Crippen molar-refractivity contribution in [3.8, 4) is 11.7 Å². The van der Waals surface area contributed by atoms with E-state index >= 15 is 0 Å². The molecule has 3 heterocycles. The fraction of sp³-hybridized carbons (Fsp3) is 0.500. The van der Waals surface area contributed by atoms with Gasteiger partial charge < -0.3 is 14.3 Å². The molecule has 9 heteroatoms. The summed E-state index contributed by atoms with van der Waals surface area (Å²) in [5.41, 5.74) is 1.76. The van der Waals surface area contributed by atoms with Crippen molar-refractivity contribution in [3.05, 3.63) is 17.3 Å². The summed E-state index contributed by atoms with van der Waals surface area (Å²) >= 11 is 0. The third kappa shape index (κ3) is 1.89. The number of aromatic nitrogens is 4. The lowest BCUT2D eigenvalue weighted by Gasteiger charge is -2.04. The summed E-state index contributed by atoms with van der Waals surface area (Å²) in [5, 5.41) is 9.57. The van der Waals surface area contributed by atoms with Crippen LogP contribution in [0.1, 0.15) is 24.2 Å². The van der Waals surface area contributed by atoms with Gasteiger partial charge in [-0.25, -0.2) is 4.98 Å². The Bertz CT molecular complexity index is 615. The van der Waals surface area contributed by atoms with Crippen molar-refractivity contribution in [3.63, 3.8) is 0 Å². The number of imidazole rings is 1. The lowest BCUT2D eigenvalue weighted by molar-refractivity contribution is -0.157. The van der Waals surface area contributed by atoms with E-state index in [-0.39, 0.29) is 11.7 Å². The Morgan fingerprint density at radius 1 is 1.32 bits per heavy atom. The molecule has 0 atom stereocenters. The molecule has 0 unspecified atom stereocenters. The van der Waals surface area contributed by atoms with Crippen LogP contribution in [0, 0.1) is 0 Å². The van der Waals surface area contributed by atoms with E-state index in [2.05, 4.69) is 24.9 Å². The largest absolute Gasteiger partial charge is 0.470 e. The third-order valence-electron chi connectivity index (χ3n) is 2.92. The van der Waals surface area contributed by atoms with Crippen LogP contribution >= 0.6 is 0 Å². The van der Waals surface area contributed by atoms with Crippen molar-refractivity contribution in [2.45, 2.75) is 32.7 Å². The molecule has 0 fully saturated rings. The lowest BCUT2D eigenvalue weighted by atomic mass is 10.4. The predicted molar refractivity (Wildman–Crippen MR) is 56.7 cm³/mol. The smallest absolute Gasteiger partial charge is 0.410 e. The van der Waals surface area contributed by atoms with E-state index in [0.717, 1.165) is 11.4 Å². The highest BCUT2D eigenvalue weighted by molar-refractivity contribution is 5.45. The van der Waals surface area contributed by atoms with E-state index in [4.69, 9.17) is 0 Å². The molecular formula is C10H10F3N5O. The second-order valence-electron chi connectivity index (χ2n) is 4.09. The van der Waals surface area contributed by atoms with Gasteiger partial charge in [-0.2, -0.15) is 13.2 Å². The van der Waals surface area contributed by atoms with Gasteiger partial charge in [-0.05, 0) is 6.92 Å². The summed E-state index contributed by atoms with van der Waals surface area (Å²) in [4.78, 5) is 4.26. The zero-order valence-corrected chi connectivity index (χ0v) is 9.95. The molecule has 2 aromatic rings. The number of halogens is 3. The molecule has 2 aromatic heterocycles. The van der Waals surface area contributed by atoms with E-state index < -0.39 is 12.1 Å². The first-order valence-corrected chi connectivity index (χ1v) is 5.70. The van der Waals surface area contributed by atoms with Crippen LogP contribution < -0.4 is 5.32 Å². The van der Waals surface area contributed by atoms with Gasteiger partial charge in [0, 0.05) is 19.6 Å². The molecular weight excluding hydrogens is 263 g/mol. The molecule has 1 aliphatic rings. The third-order valence-corrected chi connectivity index (χ3v) is 2.92. The molecule has 3 rings (SSSR count). The molecule has 102 valence electrons. The van der Waals surface area contributed by atoms with Gasteiger partial charge in [-0.1, -0.05) is 0 Å². The minimum atomic E-state index is -4.64. The second kappa shape index (κ2) is 4.05. The first kappa shape index (κ1) is 12.2. The van der Waals surface area contributed by atoms with Crippen molar-refractivity contribution in [2.75, 3.05) is 0 Å². The highest BCUT2D eigenvalue weighted by Gasteiger charge is 2.39. The van der Waals surface area contributed by atoms with Crippen LogP contribution in [0.15, 0.2) is 4.42 Å². The maximum Gasteiger partial charge on any atom is 0.470 e. The van der Waals surface area contributed by atoms with Gasteiger partial charge in [0.05, 0.1) is 11.4 Å². The van der Waals surface area contributed by atoms with Gasteiger partial charge in [-0.3, -0.25) is 0 Å². The first-order chi connectivity index (χ1) is 9.00. The Hall–Kier alpha value is -1.90. The number of rotatable bonds is 2. The SMILES string of the molecule is CCn1c(-c2nnc(C(F)(F)F)o2)nc2c1CNC2. The summed E-state index contributed by atoms with van der Waals surface area (Å²) in [6.45, 7) is 3.68. The van der Waals surface area contributed by atoms with Gasteiger partial charge in [0.15, 0.2) is 5.82 Å². The predicted octanol–water partition coefficient (Wildman–Crippen LogP) is 1.57. The monoisotopic (exact) mass is 273 g/mol. The fourth-order valence-electron chi connectivity index (χ4n) is 2.11. The molecule has 0 spiro atoms. The zero-order chi connectivity index (χ0) is 13.6. The van der Waals surface area contributed by atoms with Gasteiger partial charge in [0.2, 0.25) is 0 Å². The molecule has 1 N–H and O–H groups in total. The lowest BCUT2D eigenvalue weighted by Crippen LogP contribution is -2.08. The minimum Gasteiger partial charge on any atom is -0.410 e. The molecule has 0 saturated heterocycles. The van der Waals surface area contributed by atoms with Gasteiger partial charge in [-0.15, -0.1) is 10.2 Å². The molecule has 1 aliphatic heterocycles. The highest BCUT2D eigenvalue weighted by atomic mass is 19.4. The van der Waals surface area contributed by atoms with Crippen LogP contribution in [0.4, 0.5) is 13.2 Å². The topological polar surface area (TPSA) is 68.8 Å². The summed E-state index contributed by atoms with van der Waals surface area (Å²) in [5.74, 6) is -1.27. The fourth-order valence-corrected chi connectivity index (χ4v) is 2.11. The Kier molecular flexibility index (Phi) is 2.59. The second-order valence-corrected chi connectivity index (χ2v) is 4.09. The summed E-state index contributed by atoms with van der Waals surface area (Å²) in [7, 11) is 0. The molecule has 0 saturated carbocycles. The van der Waals surface area contributed by atoms with Gasteiger partial charge >= 0.3 is 12.1 Å². The van der Waals surface area contributed by atoms with Crippen molar-refractivity contribution >= 4 is 0 Å². The summed E-state index contributed by atoms with van der Waals surface area (Å²) < 4.78 is 43.7. The van der Waals surface area contributed by atoms with Crippen LogP contribution in [-0.4, -0.2) is 19.7 Å². The maximum atomic E-state index is 12.4. The standard InChI is InChI=1S/C10H10F3N5O/c1-2-18-6-4-14-3-5(6)15-7(18)8-16-17-9(19-8)10(11,12)13/h14H,2-4H2,1H3. The van der Waals surface area contributed by atoms with E-state index in [1.807, 2.05) is 6.92 Å². The van der Waals surface area contributed by atoms with Crippen LogP contribution in [0.3, 0.4) is 0 Å². The van der Waals surface area contributed by atoms with Crippen LogP contribution in [0.2, 0.25) is 0 Å². The Morgan fingerprint density at radius 2 is 2.11 bits per heavy atom. The Labute approximate surface area is 105 Å². The minimum absolute atomic E-state index is 0.205. The molecule has 0 aromatic carbocycles. The van der Waals surface area contributed by atoms with Gasteiger partial charge in [0.1, 0.15) is 0 Å². The zero-order valence-electron chi connectivity index (χ0n) is 9.95. The van der Waals surface area contributed by atoms with E-state index in [0.29, 0.717) is 19.6 Å². The average molecular weight is 273 g/mol. The van der Waals surface area contributed by atoms with Crippen LogP contribution in [-0.2, 0) is 25.8 Å². The Balaban J connectivity index is 2.05. The molecule has 6 nitrogen and oxygen atoms in total. The van der Waals surface area contributed by atoms with Crippen LogP contribution in [0.25, 0.3) is 11.7 Å². The quantitative estimate of drug-likeness (QED) is 0.899.